The average Bonchev–Trinajstić information content (AvgIpc) is 3.13. The maximum Gasteiger partial charge on any atom is 0.404 e. The molecular weight excluding hydrogens is 403 g/mol. The molecule has 3 unspecified atom stereocenters. The molecule has 0 spiro atoms. The third-order valence-electron chi connectivity index (χ3n) is 5.09. The Morgan fingerprint density at radius 2 is 1.83 bits per heavy atom. The van der Waals surface area contributed by atoms with Gasteiger partial charge in [-0.3, -0.25) is 5.32 Å². The van der Waals surface area contributed by atoms with Gasteiger partial charge in [0.25, 0.3) is 0 Å². The summed E-state index contributed by atoms with van der Waals surface area (Å²) < 4.78 is 46.6. The van der Waals surface area contributed by atoms with Gasteiger partial charge in [0.1, 0.15) is 24.5 Å². The van der Waals surface area contributed by atoms with E-state index in [2.05, 4.69) is 5.32 Å². The Labute approximate surface area is 171 Å². The van der Waals surface area contributed by atoms with Gasteiger partial charge in [-0.2, -0.15) is 23.7 Å². The fourth-order valence-electron chi connectivity index (χ4n) is 3.64. The molecule has 0 saturated carbocycles. The lowest BCUT2D eigenvalue weighted by molar-refractivity contribution is -0.156. The van der Waals surface area contributed by atoms with Crippen molar-refractivity contribution in [3.05, 3.63) is 63.7 Å². The Balaban J connectivity index is 1.79. The number of hydrogen-bond acceptors (Lipinski definition) is 4. The number of nitriles is 2. The van der Waals surface area contributed by atoms with E-state index in [1.54, 1.807) is 37.3 Å². The van der Waals surface area contributed by atoms with Gasteiger partial charge in [-0.1, -0.05) is 17.7 Å². The van der Waals surface area contributed by atoms with Crippen LogP contribution in [0.5, 0.6) is 5.75 Å². The summed E-state index contributed by atoms with van der Waals surface area (Å²) in [7, 11) is 0. The number of benzene rings is 2. The minimum absolute atomic E-state index is 0.0536. The number of ether oxygens (including phenoxy) is 1. The van der Waals surface area contributed by atoms with Crippen LogP contribution in [0.1, 0.15) is 34.6 Å². The molecule has 0 aromatic heterocycles. The molecule has 2 aromatic rings. The van der Waals surface area contributed by atoms with E-state index in [9.17, 15) is 13.2 Å². The molecule has 0 aliphatic carbocycles. The maximum atomic E-state index is 13.7. The summed E-state index contributed by atoms with van der Waals surface area (Å²) in [4.78, 5) is 0. The lowest BCUT2D eigenvalue weighted by atomic mass is 9.87. The van der Waals surface area contributed by atoms with E-state index in [0.717, 1.165) is 0 Å². The molecule has 0 bridgehead atoms. The van der Waals surface area contributed by atoms with E-state index >= 15 is 0 Å². The van der Waals surface area contributed by atoms with Crippen LogP contribution in [0.3, 0.4) is 0 Å². The van der Waals surface area contributed by atoms with Crippen molar-refractivity contribution in [2.75, 3.05) is 6.61 Å². The SMILES string of the molecule is Cc1c(C2CC(COc3ccc(C#N)cc3)NC2C(F)(F)F)ccc(C#N)c1Cl. The van der Waals surface area contributed by atoms with Crippen molar-refractivity contribution in [1.29, 1.82) is 10.5 Å². The summed E-state index contributed by atoms with van der Waals surface area (Å²) in [5, 5.41) is 20.7. The molecule has 8 heteroatoms. The summed E-state index contributed by atoms with van der Waals surface area (Å²) in [6, 6.07) is 11.1. The third kappa shape index (κ3) is 4.48. The van der Waals surface area contributed by atoms with Crippen molar-refractivity contribution in [3.8, 4) is 17.9 Å². The molecule has 1 fully saturated rings. The largest absolute Gasteiger partial charge is 0.492 e. The first-order valence-corrected chi connectivity index (χ1v) is 9.27. The predicted octanol–water partition coefficient (Wildman–Crippen LogP) is 4.85. The maximum absolute atomic E-state index is 13.7. The normalized spacial score (nSPS) is 21.4. The van der Waals surface area contributed by atoms with Gasteiger partial charge in [-0.15, -0.1) is 0 Å². The van der Waals surface area contributed by atoms with E-state index in [4.69, 9.17) is 26.9 Å². The smallest absolute Gasteiger partial charge is 0.404 e. The van der Waals surface area contributed by atoms with Crippen molar-refractivity contribution in [3.63, 3.8) is 0 Å². The molecule has 0 amide bonds. The molecule has 0 radical (unpaired) electrons. The zero-order valence-corrected chi connectivity index (χ0v) is 16.2. The number of rotatable bonds is 4. The monoisotopic (exact) mass is 419 g/mol. The van der Waals surface area contributed by atoms with Gasteiger partial charge >= 0.3 is 6.18 Å². The second-order valence-corrected chi connectivity index (χ2v) is 7.30. The number of halogens is 4. The lowest BCUT2D eigenvalue weighted by Crippen LogP contribution is -2.44. The summed E-state index contributed by atoms with van der Waals surface area (Å²) in [6.07, 6.45) is -4.23. The highest BCUT2D eigenvalue weighted by atomic mass is 35.5. The second-order valence-electron chi connectivity index (χ2n) is 6.93. The number of hydrogen-bond donors (Lipinski definition) is 1. The first-order chi connectivity index (χ1) is 13.7. The van der Waals surface area contributed by atoms with E-state index in [1.165, 1.54) is 6.07 Å². The fourth-order valence-corrected chi connectivity index (χ4v) is 3.85. The van der Waals surface area contributed by atoms with Crippen LogP contribution in [0.2, 0.25) is 5.02 Å². The standard InChI is InChI=1S/C21H17ClF3N3O/c1-12-17(7-4-14(10-27)19(12)22)18-8-15(28-20(18)21(23,24)25)11-29-16-5-2-13(9-26)3-6-16/h2-7,15,18,20,28H,8,11H2,1H3. The van der Waals surface area contributed by atoms with E-state index in [-0.39, 0.29) is 23.6 Å². The summed E-state index contributed by atoms with van der Waals surface area (Å²) >= 11 is 6.17. The van der Waals surface area contributed by atoms with Gasteiger partial charge in [0.2, 0.25) is 0 Å². The summed E-state index contributed by atoms with van der Waals surface area (Å²) in [5.74, 6) is -0.356. The fraction of sp³-hybridized carbons (Fsp3) is 0.333. The molecule has 29 heavy (non-hydrogen) atoms. The van der Waals surface area contributed by atoms with Gasteiger partial charge in [-0.25, -0.2) is 0 Å². The van der Waals surface area contributed by atoms with Crippen LogP contribution < -0.4 is 10.1 Å². The van der Waals surface area contributed by atoms with E-state index < -0.39 is 24.2 Å². The Morgan fingerprint density at radius 3 is 2.41 bits per heavy atom. The second kappa shape index (κ2) is 8.32. The molecule has 1 aliphatic rings. The first-order valence-electron chi connectivity index (χ1n) is 8.89. The number of nitrogens with one attached hydrogen (secondary N) is 1. The van der Waals surface area contributed by atoms with Crippen LogP contribution in [0.4, 0.5) is 13.2 Å². The average molecular weight is 420 g/mol. The first kappa shape index (κ1) is 21.0. The predicted molar refractivity (Wildman–Crippen MR) is 102 cm³/mol. The number of alkyl halides is 3. The van der Waals surface area contributed by atoms with Crippen LogP contribution in [0.25, 0.3) is 0 Å². The molecule has 3 rings (SSSR count). The van der Waals surface area contributed by atoms with Crippen LogP contribution in [0, 0.1) is 29.6 Å². The van der Waals surface area contributed by atoms with Crippen LogP contribution >= 0.6 is 11.6 Å². The topological polar surface area (TPSA) is 68.8 Å². The number of nitrogens with zero attached hydrogens (tertiary/aromatic N) is 2. The van der Waals surface area contributed by atoms with Gasteiger partial charge in [0.05, 0.1) is 22.2 Å². The molecule has 1 heterocycles. The molecule has 3 atom stereocenters. The minimum Gasteiger partial charge on any atom is -0.492 e. The Bertz CT molecular complexity index is 977. The minimum atomic E-state index is -4.44. The van der Waals surface area contributed by atoms with Crippen molar-refractivity contribution >= 4 is 11.6 Å². The van der Waals surface area contributed by atoms with Gasteiger partial charge < -0.3 is 4.74 Å². The molecule has 150 valence electrons. The Kier molecular flexibility index (Phi) is 6.02. The van der Waals surface area contributed by atoms with Crippen molar-refractivity contribution < 1.29 is 17.9 Å². The molecular formula is C21H17ClF3N3O. The summed E-state index contributed by atoms with van der Waals surface area (Å²) in [5.41, 5.74) is 1.68. The third-order valence-corrected chi connectivity index (χ3v) is 5.58. The zero-order valence-electron chi connectivity index (χ0n) is 15.4. The molecule has 2 aromatic carbocycles. The van der Waals surface area contributed by atoms with Crippen LogP contribution in [-0.4, -0.2) is 24.9 Å². The molecule has 1 aliphatic heterocycles. The molecule has 1 saturated heterocycles. The Hall–Kier alpha value is -2.74. The van der Waals surface area contributed by atoms with Gasteiger partial charge in [0.15, 0.2) is 0 Å². The van der Waals surface area contributed by atoms with Crippen molar-refractivity contribution in [1.82, 2.24) is 5.32 Å². The van der Waals surface area contributed by atoms with Gasteiger partial charge in [0, 0.05) is 12.0 Å². The van der Waals surface area contributed by atoms with Gasteiger partial charge in [-0.05, 0) is 54.8 Å². The molecule has 4 nitrogen and oxygen atoms in total. The van der Waals surface area contributed by atoms with Crippen molar-refractivity contribution in [2.45, 2.75) is 37.5 Å². The van der Waals surface area contributed by atoms with Crippen LogP contribution in [-0.2, 0) is 0 Å². The highest BCUT2D eigenvalue weighted by molar-refractivity contribution is 6.32. The Morgan fingerprint density at radius 1 is 1.14 bits per heavy atom. The van der Waals surface area contributed by atoms with E-state index in [0.29, 0.717) is 22.4 Å². The lowest BCUT2D eigenvalue weighted by Gasteiger charge is -2.24. The zero-order chi connectivity index (χ0) is 21.2. The quantitative estimate of drug-likeness (QED) is 0.769. The van der Waals surface area contributed by atoms with E-state index in [1.807, 2.05) is 12.1 Å². The van der Waals surface area contributed by atoms with Crippen LogP contribution in [0.15, 0.2) is 36.4 Å². The van der Waals surface area contributed by atoms with Crippen molar-refractivity contribution in [2.24, 2.45) is 0 Å². The highest BCUT2D eigenvalue weighted by Crippen LogP contribution is 2.42. The highest BCUT2D eigenvalue weighted by Gasteiger charge is 2.51. The summed E-state index contributed by atoms with van der Waals surface area (Å²) in [6.45, 7) is 1.69. The molecule has 1 N–H and O–H groups in total.